The highest BCUT2D eigenvalue weighted by Gasteiger charge is 2.34. The summed E-state index contributed by atoms with van der Waals surface area (Å²) in [6, 6.07) is 10.0. The third-order valence-corrected chi connectivity index (χ3v) is 3.94. The summed E-state index contributed by atoms with van der Waals surface area (Å²) in [6.45, 7) is 0. The molecule has 0 radical (unpaired) electrons. The lowest BCUT2D eigenvalue weighted by atomic mass is 9.98. The van der Waals surface area contributed by atoms with Crippen LogP contribution in [0, 0.1) is 0 Å². The van der Waals surface area contributed by atoms with Gasteiger partial charge in [-0.2, -0.15) is 13.2 Å². The second-order valence-corrected chi connectivity index (χ2v) is 5.50. The van der Waals surface area contributed by atoms with Gasteiger partial charge in [-0.3, -0.25) is 4.79 Å². The van der Waals surface area contributed by atoms with Gasteiger partial charge in [0.25, 0.3) is 0 Å². The normalized spacial score (nSPS) is 11.7. The number of aliphatic carboxylic acids is 1. The average Bonchev–Trinajstić information content (AvgIpc) is 2.91. The number of carbonyl (C=O) groups is 1. The Bertz CT molecular complexity index is 944. The third-order valence-electron chi connectivity index (χ3n) is 3.94. The number of fused-ring (bicyclic) bond motifs is 1. The Morgan fingerprint density at radius 2 is 1.92 bits per heavy atom. The zero-order valence-corrected chi connectivity index (χ0v) is 13.1. The quantitative estimate of drug-likeness (QED) is 0.729. The SMILES string of the molecule is COc1ccc2[nH]c(-c3ccccc3C(F)(F)F)c(CC(=O)O)c2c1. The van der Waals surface area contributed by atoms with E-state index in [1.54, 1.807) is 18.2 Å². The number of rotatable bonds is 4. The minimum absolute atomic E-state index is 0.0820. The molecule has 0 saturated heterocycles. The predicted molar refractivity (Wildman–Crippen MR) is 86.6 cm³/mol. The van der Waals surface area contributed by atoms with Gasteiger partial charge in [0.1, 0.15) is 5.75 Å². The highest BCUT2D eigenvalue weighted by atomic mass is 19.4. The molecule has 3 rings (SSSR count). The smallest absolute Gasteiger partial charge is 0.417 e. The Morgan fingerprint density at radius 1 is 1.20 bits per heavy atom. The first-order chi connectivity index (χ1) is 11.8. The van der Waals surface area contributed by atoms with Gasteiger partial charge in [-0.1, -0.05) is 18.2 Å². The van der Waals surface area contributed by atoms with E-state index in [1.807, 2.05) is 0 Å². The molecular formula is C18H14F3NO3. The highest BCUT2D eigenvalue weighted by molar-refractivity contribution is 5.95. The van der Waals surface area contributed by atoms with Gasteiger partial charge in [0.05, 0.1) is 24.8 Å². The maximum absolute atomic E-state index is 13.4. The molecule has 25 heavy (non-hydrogen) atoms. The number of carboxylic acids is 1. The van der Waals surface area contributed by atoms with Gasteiger partial charge < -0.3 is 14.8 Å². The van der Waals surface area contributed by atoms with E-state index in [0.717, 1.165) is 6.07 Å². The minimum atomic E-state index is -4.55. The first-order valence-electron chi connectivity index (χ1n) is 7.38. The van der Waals surface area contributed by atoms with Crippen molar-refractivity contribution in [3.63, 3.8) is 0 Å². The van der Waals surface area contributed by atoms with E-state index in [-0.39, 0.29) is 16.8 Å². The van der Waals surface area contributed by atoms with Gasteiger partial charge in [0.2, 0.25) is 0 Å². The number of halogens is 3. The van der Waals surface area contributed by atoms with E-state index in [2.05, 4.69) is 4.98 Å². The molecule has 0 spiro atoms. The summed E-state index contributed by atoms with van der Waals surface area (Å²) in [5.74, 6) is -0.636. The fraction of sp³-hybridized carbons (Fsp3) is 0.167. The third kappa shape index (κ3) is 3.17. The van der Waals surface area contributed by atoms with Crippen molar-refractivity contribution in [3.8, 4) is 17.0 Å². The van der Waals surface area contributed by atoms with Crippen molar-refractivity contribution in [2.24, 2.45) is 0 Å². The van der Waals surface area contributed by atoms with E-state index in [9.17, 15) is 23.1 Å². The van der Waals surface area contributed by atoms with Crippen molar-refractivity contribution in [3.05, 3.63) is 53.6 Å². The van der Waals surface area contributed by atoms with E-state index in [1.165, 1.54) is 25.3 Å². The molecule has 0 fully saturated rings. The molecule has 0 bridgehead atoms. The van der Waals surface area contributed by atoms with Crippen LogP contribution in [-0.2, 0) is 17.4 Å². The molecule has 0 atom stereocenters. The van der Waals surface area contributed by atoms with Gasteiger partial charge in [-0.15, -0.1) is 0 Å². The van der Waals surface area contributed by atoms with Crippen LogP contribution >= 0.6 is 0 Å². The summed E-state index contributed by atoms with van der Waals surface area (Å²) in [7, 11) is 1.46. The largest absolute Gasteiger partial charge is 0.497 e. The van der Waals surface area contributed by atoms with Crippen LogP contribution in [0.2, 0.25) is 0 Å². The molecule has 1 aromatic heterocycles. The summed E-state index contributed by atoms with van der Waals surface area (Å²) >= 11 is 0. The Kier molecular flexibility index (Phi) is 4.16. The second kappa shape index (κ2) is 6.16. The topological polar surface area (TPSA) is 62.3 Å². The molecule has 7 heteroatoms. The predicted octanol–water partition coefficient (Wildman–Crippen LogP) is 4.49. The summed E-state index contributed by atoms with van der Waals surface area (Å²) in [6.07, 6.45) is -4.96. The molecular weight excluding hydrogens is 335 g/mol. The number of benzene rings is 2. The van der Waals surface area contributed by atoms with Crippen molar-refractivity contribution in [2.75, 3.05) is 7.11 Å². The van der Waals surface area contributed by atoms with Crippen molar-refractivity contribution in [2.45, 2.75) is 12.6 Å². The Labute approximate surface area is 140 Å². The number of carboxylic acid groups (broad SMARTS) is 1. The van der Waals surface area contributed by atoms with Crippen molar-refractivity contribution < 1.29 is 27.8 Å². The number of ether oxygens (including phenoxy) is 1. The summed E-state index contributed by atoms with van der Waals surface area (Å²) in [5, 5.41) is 9.73. The first-order valence-corrected chi connectivity index (χ1v) is 7.38. The number of methoxy groups -OCH3 is 1. The van der Waals surface area contributed by atoms with Crippen molar-refractivity contribution in [1.82, 2.24) is 4.98 Å². The number of nitrogens with one attached hydrogen (secondary N) is 1. The number of hydrogen-bond donors (Lipinski definition) is 2. The zero-order chi connectivity index (χ0) is 18.2. The van der Waals surface area contributed by atoms with Crippen molar-refractivity contribution in [1.29, 1.82) is 0 Å². The standard InChI is InChI=1S/C18H14F3NO3/c1-25-10-6-7-15-12(8-10)13(9-16(23)24)17(22-15)11-4-2-3-5-14(11)18(19,20)21/h2-8,22H,9H2,1H3,(H,23,24). The van der Waals surface area contributed by atoms with Crippen molar-refractivity contribution >= 4 is 16.9 Å². The molecule has 2 N–H and O–H groups in total. The second-order valence-electron chi connectivity index (χ2n) is 5.50. The van der Waals surface area contributed by atoms with Gasteiger partial charge in [0.15, 0.2) is 0 Å². The van der Waals surface area contributed by atoms with Crippen LogP contribution in [0.4, 0.5) is 13.2 Å². The molecule has 4 nitrogen and oxygen atoms in total. The number of aromatic amines is 1. The van der Waals surface area contributed by atoms with E-state index in [4.69, 9.17) is 4.74 Å². The molecule has 0 aliphatic heterocycles. The lowest BCUT2D eigenvalue weighted by molar-refractivity contribution is -0.137. The monoisotopic (exact) mass is 349 g/mol. The Balaban J connectivity index is 2.31. The van der Waals surface area contributed by atoms with Gasteiger partial charge >= 0.3 is 12.1 Å². The maximum atomic E-state index is 13.4. The fourth-order valence-corrected chi connectivity index (χ4v) is 2.87. The van der Waals surface area contributed by atoms with Crippen LogP contribution in [0.15, 0.2) is 42.5 Å². The number of hydrogen-bond acceptors (Lipinski definition) is 2. The molecule has 0 aliphatic rings. The molecule has 0 saturated carbocycles. The van der Waals surface area contributed by atoms with Gasteiger partial charge in [0, 0.05) is 16.5 Å². The van der Waals surface area contributed by atoms with Crippen LogP contribution in [0.5, 0.6) is 5.75 Å². The summed E-state index contributed by atoms with van der Waals surface area (Å²) < 4.78 is 45.2. The van der Waals surface area contributed by atoms with Crippen LogP contribution in [0.1, 0.15) is 11.1 Å². The van der Waals surface area contributed by atoms with Gasteiger partial charge in [-0.25, -0.2) is 0 Å². The van der Waals surface area contributed by atoms with Crippen LogP contribution < -0.4 is 4.74 Å². The number of alkyl halides is 3. The number of H-pyrrole nitrogens is 1. The molecule has 130 valence electrons. The summed E-state index contributed by atoms with van der Waals surface area (Å²) in [5.41, 5.74) is 0.0854. The van der Waals surface area contributed by atoms with Crippen LogP contribution in [0.25, 0.3) is 22.2 Å². The van der Waals surface area contributed by atoms with Crippen LogP contribution in [-0.4, -0.2) is 23.2 Å². The van der Waals surface area contributed by atoms with Gasteiger partial charge in [-0.05, 0) is 29.8 Å². The molecule has 0 aliphatic carbocycles. The summed E-state index contributed by atoms with van der Waals surface area (Å²) in [4.78, 5) is 14.2. The lowest BCUT2D eigenvalue weighted by Gasteiger charge is -2.13. The maximum Gasteiger partial charge on any atom is 0.417 e. The zero-order valence-electron chi connectivity index (χ0n) is 13.1. The first kappa shape index (κ1) is 16.9. The van der Waals surface area contributed by atoms with E-state index >= 15 is 0 Å². The van der Waals surface area contributed by atoms with E-state index in [0.29, 0.717) is 16.7 Å². The Hall–Kier alpha value is -2.96. The minimum Gasteiger partial charge on any atom is -0.497 e. The average molecular weight is 349 g/mol. The molecule has 2 aromatic carbocycles. The molecule has 0 unspecified atom stereocenters. The van der Waals surface area contributed by atoms with E-state index < -0.39 is 24.1 Å². The number of aromatic nitrogens is 1. The molecule has 1 heterocycles. The fourth-order valence-electron chi connectivity index (χ4n) is 2.87. The lowest BCUT2D eigenvalue weighted by Crippen LogP contribution is -2.08. The Morgan fingerprint density at radius 3 is 2.56 bits per heavy atom. The highest BCUT2D eigenvalue weighted by Crippen LogP contribution is 2.40. The van der Waals surface area contributed by atoms with Crippen LogP contribution in [0.3, 0.4) is 0 Å². The molecule has 0 amide bonds. The molecule has 3 aromatic rings.